The van der Waals surface area contributed by atoms with Crippen LogP contribution in [0.4, 0.5) is 5.82 Å². The van der Waals surface area contributed by atoms with Crippen molar-refractivity contribution < 1.29 is 9.53 Å². The van der Waals surface area contributed by atoms with E-state index in [1.54, 1.807) is 24.3 Å². The predicted octanol–water partition coefficient (Wildman–Crippen LogP) is 3.31. The number of ether oxygens (including phenoxy) is 1. The molecule has 2 aromatic rings. The van der Waals surface area contributed by atoms with Crippen molar-refractivity contribution in [1.82, 2.24) is 20.8 Å². The van der Waals surface area contributed by atoms with Crippen LogP contribution in [0.3, 0.4) is 0 Å². The summed E-state index contributed by atoms with van der Waals surface area (Å²) in [4.78, 5) is 14.9. The third-order valence-corrected chi connectivity index (χ3v) is 7.61. The first kappa shape index (κ1) is 22.9. The number of piperidine rings is 1. The van der Waals surface area contributed by atoms with Crippen molar-refractivity contribution in [1.29, 1.82) is 5.26 Å². The summed E-state index contributed by atoms with van der Waals surface area (Å²) in [6.07, 6.45) is 5.82. The number of nitriles is 1. The van der Waals surface area contributed by atoms with Gasteiger partial charge in [-0.2, -0.15) is 5.26 Å². The fourth-order valence-electron chi connectivity index (χ4n) is 5.25. The van der Waals surface area contributed by atoms with Crippen LogP contribution in [-0.2, 0) is 0 Å². The van der Waals surface area contributed by atoms with Gasteiger partial charge in [-0.25, -0.2) is 0 Å². The van der Waals surface area contributed by atoms with Gasteiger partial charge in [-0.05, 0) is 75.9 Å². The van der Waals surface area contributed by atoms with Crippen LogP contribution in [0.2, 0.25) is 5.02 Å². The lowest BCUT2D eigenvalue weighted by Gasteiger charge is -2.52. The Hall–Kier alpha value is -2.89. The highest BCUT2D eigenvalue weighted by Gasteiger charge is 2.44. The maximum Gasteiger partial charge on any atom is 0.272 e. The van der Waals surface area contributed by atoms with Gasteiger partial charge in [-0.15, -0.1) is 10.2 Å². The van der Waals surface area contributed by atoms with Crippen molar-refractivity contribution >= 4 is 23.3 Å². The monoisotopic (exact) mass is 480 g/mol. The minimum absolute atomic E-state index is 0.0657. The van der Waals surface area contributed by atoms with Crippen LogP contribution in [0, 0.1) is 16.7 Å². The van der Waals surface area contributed by atoms with E-state index in [-0.39, 0.29) is 18.1 Å². The van der Waals surface area contributed by atoms with Gasteiger partial charge in [0.05, 0.1) is 16.7 Å². The molecule has 0 unspecified atom stereocenters. The van der Waals surface area contributed by atoms with Crippen molar-refractivity contribution in [2.45, 2.75) is 50.7 Å². The molecule has 34 heavy (non-hydrogen) atoms. The second kappa shape index (κ2) is 9.77. The number of benzene rings is 1. The molecule has 8 nitrogen and oxygen atoms in total. The lowest BCUT2D eigenvalue weighted by atomic mass is 9.72. The Labute approximate surface area is 204 Å². The number of rotatable bonds is 5. The number of nitrogens with one attached hydrogen (secondary N) is 2. The van der Waals surface area contributed by atoms with E-state index in [4.69, 9.17) is 21.6 Å². The quantitative estimate of drug-likeness (QED) is 0.676. The molecule has 9 heteroatoms. The van der Waals surface area contributed by atoms with Crippen LogP contribution in [0.5, 0.6) is 5.75 Å². The molecule has 1 aromatic heterocycles. The Kier molecular flexibility index (Phi) is 6.57. The number of hydrogen-bond acceptors (Lipinski definition) is 7. The molecule has 5 rings (SSSR count). The summed E-state index contributed by atoms with van der Waals surface area (Å²) in [5, 5.41) is 24.4. The SMILES string of the molecule is N#Cc1ccc(O[C@H]2CC[C@H](NC(=O)c3ccc(N4CC5(CCNCC5)C4)nn3)CC2)cc1Cl. The predicted molar refractivity (Wildman–Crippen MR) is 129 cm³/mol. The van der Waals surface area contributed by atoms with Crippen LogP contribution in [0.25, 0.3) is 0 Å². The number of aromatic nitrogens is 2. The highest BCUT2D eigenvalue weighted by molar-refractivity contribution is 6.31. The van der Waals surface area contributed by atoms with Crippen LogP contribution in [0.15, 0.2) is 30.3 Å². The van der Waals surface area contributed by atoms with Gasteiger partial charge in [0.25, 0.3) is 5.91 Å². The third kappa shape index (κ3) is 4.96. The molecule has 178 valence electrons. The second-order valence-corrected chi connectivity index (χ2v) is 10.1. The van der Waals surface area contributed by atoms with E-state index < -0.39 is 0 Å². The molecular weight excluding hydrogens is 452 g/mol. The normalized spacial score (nSPS) is 23.6. The van der Waals surface area contributed by atoms with Gasteiger partial charge in [-0.1, -0.05) is 11.6 Å². The largest absolute Gasteiger partial charge is 0.490 e. The standard InChI is InChI=1S/C25H29ClN6O2/c26-21-13-20(4-1-17(21)14-27)34-19-5-2-18(3-6-19)29-24(33)22-7-8-23(31-30-22)32-15-25(16-32)9-11-28-12-10-25/h1,4,7-8,13,18-19,28H,2-3,5-6,9-12,15-16H2,(H,29,33)/t18-,19-. The van der Waals surface area contributed by atoms with E-state index in [0.717, 1.165) is 57.7 Å². The van der Waals surface area contributed by atoms with Gasteiger partial charge in [-0.3, -0.25) is 4.79 Å². The van der Waals surface area contributed by atoms with E-state index in [1.165, 1.54) is 12.8 Å². The minimum atomic E-state index is -0.180. The fourth-order valence-corrected chi connectivity index (χ4v) is 5.46. The molecular formula is C25H29ClN6O2. The first-order chi connectivity index (χ1) is 16.5. The van der Waals surface area contributed by atoms with E-state index in [2.05, 4.69) is 25.7 Å². The topological polar surface area (TPSA) is 103 Å². The lowest BCUT2D eigenvalue weighted by molar-refractivity contribution is 0.0888. The average molecular weight is 481 g/mol. The van der Waals surface area contributed by atoms with Gasteiger partial charge in [0.1, 0.15) is 11.8 Å². The molecule has 3 heterocycles. The van der Waals surface area contributed by atoms with Gasteiger partial charge < -0.3 is 20.3 Å². The second-order valence-electron chi connectivity index (χ2n) is 9.70. The first-order valence-corrected chi connectivity index (χ1v) is 12.4. The number of nitrogens with zero attached hydrogens (tertiary/aromatic N) is 4. The van der Waals surface area contributed by atoms with Crippen LogP contribution < -0.4 is 20.3 Å². The van der Waals surface area contributed by atoms with E-state index in [1.807, 2.05) is 12.1 Å². The Bertz CT molecular complexity index is 1060. The smallest absolute Gasteiger partial charge is 0.272 e. The van der Waals surface area contributed by atoms with Crippen molar-refractivity contribution in [2.75, 3.05) is 31.1 Å². The van der Waals surface area contributed by atoms with E-state index in [9.17, 15) is 4.79 Å². The zero-order valence-corrected chi connectivity index (χ0v) is 19.9. The zero-order chi connectivity index (χ0) is 23.5. The summed E-state index contributed by atoms with van der Waals surface area (Å²) in [5.41, 5.74) is 1.22. The Morgan fingerprint density at radius 1 is 1.15 bits per heavy atom. The fraction of sp³-hybridized carbons (Fsp3) is 0.520. The number of amides is 1. The Morgan fingerprint density at radius 2 is 1.91 bits per heavy atom. The molecule has 1 aromatic carbocycles. The number of anilines is 1. The van der Waals surface area contributed by atoms with E-state index >= 15 is 0 Å². The van der Waals surface area contributed by atoms with Crippen molar-refractivity contribution in [3.05, 3.63) is 46.6 Å². The number of hydrogen-bond donors (Lipinski definition) is 2. The van der Waals surface area contributed by atoms with Crippen molar-refractivity contribution in [3.8, 4) is 11.8 Å². The summed E-state index contributed by atoms with van der Waals surface area (Å²) in [5.74, 6) is 1.34. The molecule has 2 aliphatic heterocycles. The van der Waals surface area contributed by atoms with Gasteiger partial charge >= 0.3 is 0 Å². The summed E-state index contributed by atoms with van der Waals surface area (Å²) < 4.78 is 6.03. The van der Waals surface area contributed by atoms with E-state index in [0.29, 0.717) is 27.4 Å². The molecule has 0 atom stereocenters. The van der Waals surface area contributed by atoms with Gasteiger partial charge in [0.15, 0.2) is 11.5 Å². The average Bonchev–Trinajstić information content (AvgIpc) is 2.84. The molecule has 1 amide bonds. The summed E-state index contributed by atoms with van der Waals surface area (Å²) in [6, 6.07) is 10.9. The molecule has 2 N–H and O–H groups in total. The first-order valence-electron chi connectivity index (χ1n) is 12.0. The molecule has 0 radical (unpaired) electrons. The summed E-state index contributed by atoms with van der Waals surface area (Å²) in [6.45, 7) is 4.23. The maximum absolute atomic E-state index is 12.7. The van der Waals surface area contributed by atoms with Crippen LogP contribution >= 0.6 is 11.6 Å². The minimum Gasteiger partial charge on any atom is -0.490 e. The van der Waals surface area contributed by atoms with Crippen LogP contribution in [0.1, 0.15) is 54.6 Å². The molecule has 2 saturated heterocycles. The van der Waals surface area contributed by atoms with Crippen molar-refractivity contribution in [3.63, 3.8) is 0 Å². The Balaban J connectivity index is 1.08. The molecule has 3 aliphatic rings. The number of carbonyl (C=O) groups is 1. The molecule has 3 fully saturated rings. The number of carbonyl (C=O) groups excluding carboxylic acids is 1. The summed E-state index contributed by atoms with van der Waals surface area (Å²) in [7, 11) is 0. The number of halogens is 1. The lowest BCUT2D eigenvalue weighted by Crippen LogP contribution is -2.60. The van der Waals surface area contributed by atoms with Crippen LogP contribution in [-0.4, -0.2) is 54.4 Å². The van der Waals surface area contributed by atoms with Gasteiger partial charge in [0, 0.05) is 30.6 Å². The third-order valence-electron chi connectivity index (χ3n) is 7.30. The Morgan fingerprint density at radius 3 is 2.56 bits per heavy atom. The summed E-state index contributed by atoms with van der Waals surface area (Å²) >= 11 is 6.09. The molecule has 1 spiro atoms. The molecule has 1 saturated carbocycles. The molecule has 0 bridgehead atoms. The highest BCUT2D eigenvalue weighted by Crippen LogP contribution is 2.40. The van der Waals surface area contributed by atoms with Gasteiger partial charge in [0.2, 0.25) is 0 Å². The highest BCUT2D eigenvalue weighted by atomic mass is 35.5. The van der Waals surface area contributed by atoms with Crippen molar-refractivity contribution in [2.24, 2.45) is 5.41 Å². The zero-order valence-electron chi connectivity index (χ0n) is 19.1. The maximum atomic E-state index is 12.7. The molecule has 1 aliphatic carbocycles.